The van der Waals surface area contributed by atoms with E-state index >= 15 is 0 Å². The van der Waals surface area contributed by atoms with E-state index in [4.69, 9.17) is 9.47 Å². The van der Waals surface area contributed by atoms with E-state index in [2.05, 4.69) is 63.9 Å². The first-order valence-electron chi connectivity index (χ1n) is 10.4. The van der Waals surface area contributed by atoms with E-state index in [-0.39, 0.29) is 12.0 Å². The summed E-state index contributed by atoms with van der Waals surface area (Å²) in [5, 5.41) is 0. The number of nitrogens with zero attached hydrogens (tertiary/aromatic N) is 3. The number of carbonyl (C=O) groups excluding carboxylic acids is 1. The van der Waals surface area contributed by atoms with Crippen LogP contribution >= 0.6 is 0 Å². The molecule has 1 aromatic heterocycles. The fourth-order valence-electron chi connectivity index (χ4n) is 3.79. The zero-order valence-electron chi connectivity index (χ0n) is 17.8. The zero-order chi connectivity index (χ0) is 20.6. The highest BCUT2D eigenvalue weighted by Gasteiger charge is 2.24. The van der Waals surface area contributed by atoms with Crippen LogP contribution in [0.4, 0.5) is 0 Å². The van der Waals surface area contributed by atoms with Gasteiger partial charge in [0.25, 0.3) is 0 Å². The van der Waals surface area contributed by atoms with Crippen molar-refractivity contribution >= 4 is 5.97 Å². The molecule has 0 aliphatic carbocycles. The first-order valence-corrected chi connectivity index (χ1v) is 10.4. The van der Waals surface area contributed by atoms with Gasteiger partial charge in [0.15, 0.2) is 0 Å². The van der Waals surface area contributed by atoms with Gasteiger partial charge in [0.05, 0.1) is 20.3 Å². The zero-order valence-corrected chi connectivity index (χ0v) is 17.8. The Hall–Kier alpha value is -2.15. The Balaban J connectivity index is 1.69. The third kappa shape index (κ3) is 6.16. The van der Waals surface area contributed by atoms with Gasteiger partial charge in [-0.25, -0.2) is 0 Å². The Bertz CT molecular complexity index is 783. The van der Waals surface area contributed by atoms with Crippen LogP contribution in [-0.4, -0.2) is 72.9 Å². The molecule has 29 heavy (non-hydrogen) atoms. The molecule has 2 heterocycles. The lowest BCUT2D eigenvalue weighted by Gasteiger charge is -2.32. The summed E-state index contributed by atoms with van der Waals surface area (Å²) < 4.78 is 12.7. The number of esters is 1. The van der Waals surface area contributed by atoms with Gasteiger partial charge in [-0.2, -0.15) is 0 Å². The molecular formula is C23H33N3O3. The number of hydrogen-bond donors (Lipinski definition) is 0. The molecule has 158 valence electrons. The molecule has 1 fully saturated rings. The van der Waals surface area contributed by atoms with Crippen LogP contribution in [0, 0.1) is 6.92 Å². The summed E-state index contributed by atoms with van der Waals surface area (Å²) in [4.78, 5) is 16.8. The number of hydrogen-bond acceptors (Lipinski definition) is 5. The summed E-state index contributed by atoms with van der Waals surface area (Å²) in [7, 11) is 1.46. The normalized spacial score (nSPS) is 16.1. The van der Waals surface area contributed by atoms with Gasteiger partial charge in [-0.3, -0.25) is 14.6 Å². The van der Waals surface area contributed by atoms with Gasteiger partial charge in [0.2, 0.25) is 0 Å². The van der Waals surface area contributed by atoms with Crippen molar-refractivity contribution < 1.29 is 14.3 Å². The van der Waals surface area contributed by atoms with Gasteiger partial charge in [0, 0.05) is 51.2 Å². The van der Waals surface area contributed by atoms with Gasteiger partial charge < -0.3 is 14.0 Å². The quantitative estimate of drug-likeness (QED) is 0.607. The van der Waals surface area contributed by atoms with Crippen molar-refractivity contribution in [1.29, 1.82) is 0 Å². The number of aryl methyl sites for hydroxylation is 1. The summed E-state index contributed by atoms with van der Waals surface area (Å²) in [6.07, 6.45) is 2.11. The maximum absolute atomic E-state index is 12.2. The van der Waals surface area contributed by atoms with Crippen molar-refractivity contribution in [3.8, 4) is 0 Å². The lowest BCUT2D eigenvalue weighted by atomic mass is 10.1. The molecule has 6 heteroatoms. The van der Waals surface area contributed by atoms with E-state index in [9.17, 15) is 4.79 Å². The molecule has 0 spiro atoms. The largest absolute Gasteiger partial charge is 0.468 e. The second-order valence-electron chi connectivity index (χ2n) is 7.74. The van der Waals surface area contributed by atoms with E-state index in [1.165, 1.54) is 23.9 Å². The van der Waals surface area contributed by atoms with Crippen LogP contribution in [0.25, 0.3) is 0 Å². The number of morpholine rings is 1. The fraction of sp³-hybridized carbons (Fsp3) is 0.522. The third-order valence-electron chi connectivity index (χ3n) is 5.62. The van der Waals surface area contributed by atoms with Gasteiger partial charge in [-0.1, -0.05) is 29.8 Å². The SMILES string of the molecule is COC(=O)C(C)N(CCN1CCOCC1)Cc1cccn1Cc1cccc(C)c1. The maximum atomic E-state index is 12.2. The Morgan fingerprint density at radius 1 is 1.24 bits per heavy atom. The van der Waals surface area contributed by atoms with Gasteiger partial charge in [-0.05, 0) is 31.5 Å². The second kappa shape index (κ2) is 10.6. The smallest absolute Gasteiger partial charge is 0.322 e. The highest BCUT2D eigenvalue weighted by Crippen LogP contribution is 2.14. The molecule has 3 rings (SSSR count). The third-order valence-corrected chi connectivity index (χ3v) is 5.62. The van der Waals surface area contributed by atoms with E-state index in [1.54, 1.807) is 0 Å². The molecule has 6 nitrogen and oxygen atoms in total. The summed E-state index contributed by atoms with van der Waals surface area (Å²) in [5.41, 5.74) is 3.75. The summed E-state index contributed by atoms with van der Waals surface area (Å²) in [6, 6.07) is 12.5. The van der Waals surface area contributed by atoms with Crippen molar-refractivity contribution in [2.24, 2.45) is 0 Å². The van der Waals surface area contributed by atoms with Crippen LogP contribution in [0.3, 0.4) is 0 Å². The van der Waals surface area contributed by atoms with Crippen LogP contribution in [0.15, 0.2) is 42.6 Å². The lowest BCUT2D eigenvalue weighted by molar-refractivity contribution is -0.146. The lowest BCUT2D eigenvalue weighted by Crippen LogP contribution is -2.46. The van der Waals surface area contributed by atoms with Crippen LogP contribution in [-0.2, 0) is 27.4 Å². The van der Waals surface area contributed by atoms with Crippen LogP contribution in [0.2, 0.25) is 0 Å². The summed E-state index contributed by atoms with van der Waals surface area (Å²) in [6.45, 7) is 10.8. The minimum atomic E-state index is -0.289. The van der Waals surface area contributed by atoms with Gasteiger partial charge in [0.1, 0.15) is 6.04 Å². The van der Waals surface area contributed by atoms with Gasteiger partial charge in [-0.15, -0.1) is 0 Å². The summed E-state index contributed by atoms with van der Waals surface area (Å²) in [5.74, 6) is -0.191. The molecule has 1 atom stereocenters. The molecule has 1 saturated heterocycles. The number of carbonyl (C=O) groups is 1. The number of aromatic nitrogens is 1. The topological polar surface area (TPSA) is 46.9 Å². The molecule has 1 aromatic carbocycles. The van der Waals surface area contributed by atoms with Crippen molar-refractivity contribution in [1.82, 2.24) is 14.4 Å². The van der Waals surface area contributed by atoms with Crippen molar-refractivity contribution in [3.63, 3.8) is 0 Å². The molecule has 0 N–H and O–H groups in total. The molecule has 0 saturated carbocycles. The molecule has 1 aliphatic rings. The Kier molecular flexibility index (Phi) is 7.86. The monoisotopic (exact) mass is 399 g/mol. The number of ether oxygens (including phenoxy) is 2. The van der Waals surface area contributed by atoms with E-state index in [0.717, 1.165) is 45.9 Å². The predicted octanol–water partition coefficient (Wildman–Crippen LogP) is 2.54. The number of benzene rings is 1. The highest BCUT2D eigenvalue weighted by atomic mass is 16.5. The average molecular weight is 400 g/mol. The molecule has 1 unspecified atom stereocenters. The Labute approximate surface area is 174 Å². The van der Waals surface area contributed by atoms with Crippen molar-refractivity contribution in [2.45, 2.75) is 33.0 Å². The Morgan fingerprint density at radius 3 is 2.76 bits per heavy atom. The minimum absolute atomic E-state index is 0.191. The minimum Gasteiger partial charge on any atom is -0.468 e. The van der Waals surface area contributed by atoms with Crippen LogP contribution in [0.5, 0.6) is 0 Å². The van der Waals surface area contributed by atoms with E-state index in [0.29, 0.717) is 6.54 Å². The number of rotatable bonds is 9. The molecule has 1 aliphatic heterocycles. The van der Waals surface area contributed by atoms with Crippen LogP contribution in [0.1, 0.15) is 23.7 Å². The average Bonchev–Trinajstić information content (AvgIpc) is 3.17. The summed E-state index contributed by atoms with van der Waals surface area (Å²) >= 11 is 0. The van der Waals surface area contributed by atoms with Crippen molar-refractivity contribution in [2.75, 3.05) is 46.5 Å². The van der Waals surface area contributed by atoms with Crippen molar-refractivity contribution in [3.05, 3.63) is 59.4 Å². The standard InChI is InChI=1S/C23H33N3O3/c1-19-6-4-7-21(16-19)17-26-9-5-8-22(26)18-25(20(2)23(27)28-3)11-10-24-12-14-29-15-13-24/h4-9,16,20H,10-15,17-18H2,1-3H3. The fourth-order valence-corrected chi connectivity index (χ4v) is 3.79. The molecular weight excluding hydrogens is 366 g/mol. The number of methoxy groups -OCH3 is 1. The molecule has 0 radical (unpaired) electrons. The molecule has 0 bridgehead atoms. The molecule has 0 amide bonds. The van der Waals surface area contributed by atoms with E-state index in [1.807, 2.05) is 6.92 Å². The first-order chi connectivity index (χ1) is 14.1. The second-order valence-corrected chi connectivity index (χ2v) is 7.74. The first kappa shape index (κ1) is 21.6. The predicted molar refractivity (Wildman–Crippen MR) is 114 cm³/mol. The van der Waals surface area contributed by atoms with Crippen LogP contribution < -0.4 is 0 Å². The maximum Gasteiger partial charge on any atom is 0.322 e. The van der Waals surface area contributed by atoms with Gasteiger partial charge >= 0.3 is 5.97 Å². The Morgan fingerprint density at radius 2 is 2.03 bits per heavy atom. The van der Waals surface area contributed by atoms with E-state index < -0.39 is 0 Å². The highest BCUT2D eigenvalue weighted by molar-refractivity contribution is 5.75. The molecule has 2 aromatic rings.